The second-order valence-electron chi connectivity index (χ2n) is 3.62. The number of rotatable bonds is 3. The van der Waals surface area contributed by atoms with Gasteiger partial charge >= 0.3 is 6.30 Å². The number of hydrogen-bond donors (Lipinski definition) is 0. The van der Waals surface area contributed by atoms with Gasteiger partial charge in [0, 0.05) is 5.56 Å². The molecule has 0 fully saturated rings. The van der Waals surface area contributed by atoms with Gasteiger partial charge in [-0.1, -0.05) is 0 Å². The molecule has 0 radical (unpaired) electrons. The number of halogens is 5. The zero-order valence-corrected chi connectivity index (χ0v) is 9.49. The lowest BCUT2D eigenvalue weighted by Crippen LogP contribution is -2.16. The van der Waals surface area contributed by atoms with Gasteiger partial charge in [0.25, 0.3) is 0 Å². The van der Waals surface area contributed by atoms with Crippen molar-refractivity contribution >= 4 is 6.29 Å². The molecule has 0 amide bonds. The molecular formula is C11H5F5N2O2. The predicted octanol–water partition coefficient (Wildman–Crippen LogP) is 3.24. The fraction of sp³-hybridized carbons (Fsp3) is 0.0909. The van der Waals surface area contributed by atoms with Crippen molar-refractivity contribution in [2.45, 2.75) is 6.30 Å². The Morgan fingerprint density at radius 1 is 1.20 bits per heavy atom. The van der Waals surface area contributed by atoms with Crippen molar-refractivity contribution in [1.29, 1.82) is 0 Å². The fourth-order valence-electron chi connectivity index (χ4n) is 1.36. The molecule has 0 unspecified atom stereocenters. The van der Waals surface area contributed by atoms with E-state index in [1.807, 2.05) is 0 Å². The van der Waals surface area contributed by atoms with Crippen LogP contribution in [-0.4, -0.2) is 16.1 Å². The van der Waals surface area contributed by atoms with Gasteiger partial charge in [0.05, 0.1) is 12.4 Å². The molecule has 106 valence electrons. The lowest BCUT2D eigenvalue weighted by Gasteiger charge is -2.06. The molecule has 0 saturated carbocycles. The van der Waals surface area contributed by atoms with Gasteiger partial charge in [-0.15, -0.1) is 13.2 Å². The molecule has 9 heteroatoms. The molecule has 0 aliphatic heterocycles. The highest BCUT2D eigenvalue weighted by Gasteiger charge is 2.32. The van der Waals surface area contributed by atoms with Crippen molar-refractivity contribution in [3.8, 4) is 11.5 Å². The lowest BCUT2D eigenvalue weighted by molar-refractivity contribution is -0.212. The summed E-state index contributed by atoms with van der Waals surface area (Å²) in [5.74, 6) is -3.85. The summed E-state index contributed by atoms with van der Waals surface area (Å²) in [6, 6.07) is 1.39. The molecule has 2 aromatic rings. The summed E-state index contributed by atoms with van der Waals surface area (Å²) in [4.78, 5) is 10.4. The van der Waals surface area contributed by atoms with Crippen LogP contribution in [-0.2, 0) is 6.30 Å². The highest BCUT2D eigenvalue weighted by Crippen LogP contribution is 2.30. The van der Waals surface area contributed by atoms with E-state index in [1.165, 1.54) is 0 Å². The number of alkyl halides is 3. The molecule has 2 rings (SSSR count). The third-order valence-corrected chi connectivity index (χ3v) is 2.20. The fourth-order valence-corrected chi connectivity index (χ4v) is 1.36. The summed E-state index contributed by atoms with van der Waals surface area (Å²) in [7, 11) is 0. The summed E-state index contributed by atoms with van der Waals surface area (Å²) in [5.41, 5.74) is -0.265. The maximum Gasteiger partial charge on any atom is 0.504 e. The second-order valence-corrected chi connectivity index (χ2v) is 3.62. The van der Waals surface area contributed by atoms with Gasteiger partial charge in [-0.3, -0.25) is 4.79 Å². The minimum Gasteiger partial charge on any atom is -0.448 e. The summed E-state index contributed by atoms with van der Waals surface area (Å²) in [5, 5.41) is 2.94. The van der Waals surface area contributed by atoms with E-state index in [1.54, 1.807) is 0 Å². The number of hydrogen-bond acceptors (Lipinski definition) is 3. The van der Waals surface area contributed by atoms with Gasteiger partial charge in [0.2, 0.25) is 0 Å². The first-order chi connectivity index (χ1) is 9.31. The number of ether oxygens (including phenoxy) is 1. The van der Waals surface area contributed by atoms with Crippen LogP contribution in [0.4, 0.5) is 22.0 Å². The van der Waals surface area contributed by atoms with Crippen LogP contribution in [0.1, 0.15) is 10.4 Å². The maximum absolute atomic E-state index is 13.5. The van der Waals surface area contributed by atoms with Gasteiger partial charge in [-0.25, -0.2) is 8.78 Å². The maximum atomic E-state index is 13.5. The van der Waals surface area contributed by atoms with E-state index in [4.69, 9.17) is 0 Å². The monoisotopic (exact) mass is 292 g/mol. The summed E-state index contributed by atoms with van der Waals surface area (Å²) in [6.45, 7) is 0. The standard InChI is InChI=1S/C11H5F5N2O2/c12-8-1-6(5-19)2-9(13)10(8)20-7-3-17-18(4-7)11(14,15)16/h1-5H. The van der Waals surface area contributed by atoms with Crippen molar-refractivity contribution in [2.75, 3.05) is 0 Å². The number of aldehydes is 1. The number of aromatic nitrogens is 2. The smallest absolute Gasteiger partial charge is 0.448 e. The molecule has 0 aliphatic rings. The Balaban J connectivity index is 2.31. The average Bonchev–Trinajstić information content (AvgIpc) is 2.82. The van der Waals surface area contributed by atoms with E-state index < -0.39 is 29.4 Å². The number of benzene rings is 1. The molecule has 20 heavy (non-hydrogen) atoms. The van der Waals surface area contributed by atoms with Crippen LogP contribution >= 0.6 is 0 Å². The molecule has 0 atom stereocenters. The molecule has 0 aliphatic carbocycles. The first kappa shape index (κ1) is 14.0. The van der Waals surface area contributed by atoms with Crippen LogP contribution in [0, 0.1) is 11.6 Å². The zero-order valence-electron chi connectivity index (χ0n) is 9.49. The van der Waals surface area contributed by atoms with Crippen molar-refractivity contribution in [3.63, 3.8) is 0 Å². The van der Waals surface area contributed by atoms with Crippen LogP contribution in [0.5, 0.6) is 11.5 Å². The minimum atomic E-state index is -4.76. The number of carbonyl (C=O) groups is 1. The van der Waals surface area contributed by atoms with Crippen LogP contribution in [0.15, 0.2) is 24.5 Å². The summed E-state index contributed by atoms with van der Waals surface area (Å²) >= 11 is 0. The Hall–Kier alpha value is -2.45. The van der Waals surface area contributed by atoms with Gasteiger partial charge in [-0.05, 0) is 12.1 Å². The molecule has 0 bridgehead atoms. The molecule has 0 saturated heterocycles. The van der Waals surface area contributed by atoms with Crippen molar-refractivity contribution in [2.24, 2.45) is 0 Å². The van der Waals surface area contributed by atoms with Crippen LogP contribution < -0.4 is 4.74 Å². The third-order valence-electron chi connectivity index (χ3n) is 2.20. The van der Waals surface area contributed by atoms with Gasteiger partial charge in [-0.2, -0.15) is 9.78 Å². The quantitative estimate of drug-likeness (QED) is 0.644. The van der Waals surface area contributed by atoms with E-state index in [9.17, 15) is 26.7 Å². The third kappa shape index (κ3) is 2.76. The number of nitrogens with zero attached hydrogens (tertiary/aromatic N) is 2. The van der Waals surface area contributed by atoms with Crippen LogP contribution in [0.2, 0.25) is 0 Å². The predicted molar refractivity (Wildman–Crippen MR) is 55.3 cm³/mol. The average molecular weight is 292 g/mol. The normalized spacial score (nSPS) is 11.4. The largest absolute Gasteiger partial charge is 0.504 e. The van der Waals surface area contributed by atoms with Crippen molar-refractivity contribution < 1.29 is 31.5 Å². The molecule has 0 spiro atoms. The Morgan fingerprint density at radius 3 is 2.25 bits per heavy atom. The summed E-state index contributed by atoms with van der Waals surface area (Å²) < 4.78 is 68.0. The Labute approximate surface area is 108 Å². The summed E-state index contributed by atoms with van der Waals surface area (Å²) in [6.07, 6.45) is -3.47. The van der Waals surface area contributed by atoms with Gasteiger partial charge < -0.3 is 4.74 Å². The zero-order chi connectivity index (χ0) is 14.9. The van der Waals surface area contributed by atoms with Crippen molar-refractivity contribution in [1.82, 2.24) is 9.78 Å². The van der Waals surface area contributed by atoms with E-state index in [-0.39, 0.29) is 16.5 Å². The van der Waals surface area contributed by atoms with E-state index >= 15 is 0 Å². The Bertz CT molecular complexity index is 627. The minimum absolute atomic E-state index is 0.220. The van der Waals surface area contributed by atoms with Crippen LogP contribution in [0.25, 0.3) is 0 Å². The van der Waals surface area contributed by atoms with Gasteiger partial charge in [0.1, 0.15) is 6.29 Å². The molecule has 4 nitrogen and oxygen atoms in total. The lowest BCUT2D eigenvalue weighted by atomic mass is 10.2. The van der Waals surface area contributed by atoms with E-state index in [0.29, 0.717) is 24.5 Å². The van der Waals surface area contributed by atoms with E-state index in [2.05, 4.69) is 9.84 Å². The van der Waals surface area contributed by atoms with Crippen LogP contribution in [0.3, 0.4) is 0 Å². The van der Waals surface area contributed by atoms with Crippen molar-refractivity contribution in [3.05, 3.63) is 41.7 Å². The molecule has 1 heterocycles. The molecular weight excluding hydrogens is 287 g/mol. The topological polar surface area (TPSA) is 44.1 Å². The first-order valence-corrected chi connectivity index (χ1v) is 5.05. The highest BCUT2D eigenvalue weighted by atomic mass is 19.4. The van der Waals surface area contributed by atoms with E-state index in [0.717, 1.165) is 0 Å². The Morgan fingerprint density at radius 2 is 1.80 bits per heavy atom. The Kier molecular flexibility index (Phi) is 3.43. The molecule has 0 N–H and O–H groups in total. The highest BCUT2D eigenvalue weighted by molar-refractivity contribution is 5.75. The SMILES string of the molecule is O=Cc1cc(F)c(Oc2cnn(C(F)(F)F)c2)c(F)c1. The number of carbonyl (C=O) groups excluding carboxylic acids is 1. The molecule has 1 aromatic heterocycles. The molecule has 1 aromatic carbocycles. The van der Waals surface area contributed by atoms with Gasteiger partial charge in [0.15, 0.2) is 23.1 Å². The first-order valence-electron chi connectivity index (χ1n) is 5.05. The second kappa shape index (κ2) is 4.91.